The number of aliphatic carboxylic acids is 1. The van der Waals surface area contributed by atoms with Gasteiger partial charge in [-0.2, -0.15) is 13.2 Å². The van der Waals surface area contributed by atoms with Crippen LogP contribution in [0.3, 0.4) is 0 Å². The molecule has 2 heterocycles. The van der Waals surface area contributed by atoms with E-state index < -0.39 is 12.1 Å². The van der Waals surface area contributed by atoms with Gasteiger partial charge >= 0.3 is 12.1 Å². The molecular formula is C25H26F3N3O5. The van der Waals surface area contributed by atoms with E-state index in [-0.39, 0.29) is 5.91 Å². The summed E-state index contributed by atoms with van der Waals surface area (Å²) in [6.07, 6.45) is -2.51. The van der Waals surface area contributed by atoms with Crippen molar-refractivity contribution in [2.45, 2.75) is 32.1 Å². The van der Waals surface area contributed by atoms with E-state index in [0.29, 0.717) is 42.9 Å². The Hall–Kier alpha value is -3.99. The number of alkyl halides is 3. The molecule has 0 bridgehead atoms. The lowest BCUT2D eigenvalue weighted by Gasteiger charge is -2.24. The van der Waals surface area contributed by atoms with Gasteiger partial charge < -0.3 is 30.2 Å². The van der Waals surface area contributed by atoms with Crippen molar-refractivity contribution in [3.63, 3.8) is 0 Å². The molecule has 0 saturated carbocycles. The minimum atomic E-state index is -5.08. The zero-order chi connectivity index (χ0) is 26.3. The number of para-hydroxylation sites is 1. The lowest BCUT2D eigenvalue weighted by atomic mass is 10.1. The first kappa shape index (κ1) is 26.6. The van der Waals surface area contributed by atoms with Crippen molar-refractivity contribution in [2.75, 3.05) is 23.4 Å². The predicted octanol–water partition coefficient (Wildman–Crippen LogP) is 4.45. The first-order valence-electron chi connectivity index (χ1n) is 11.1. The topological polar surface area (TPSA) is 118 Å². The van der Waals surface area contributed by atoms with Crippen LogP contribution in [-0.2, 0) is 17.8 Å². The number of amides is 1. The van der Waals surface area contributed by atoms with Crippen molar-refractivity contribution < 1.29 is 37.0 Å². The average molecular weight is 505 g/mol. The Morgan fingerprint density at radius 1 is 1.17 bits per heavy atom. The van der Waals surface area contributed by atoms with E-state index in [1.54, 1.807) is 30.5 Å². The molecule has 8 nitrogen and oxygen atoms in total. The molecule has 1 unspecified atom stereocenters. The van der Waals surface area contributed by atoms with E-state index in [1.807, 2.05) is 12.1 Å². The molecule has 1 atom stereocenters. The van der Waals surface area contributed by atoms with Crippen LogP contribution in [0.2, 0.25) is 0 Å². The third-order valence-electron chi connectivity index (χ3n) is 5.38. The van der Waals surface area contributed by atoms with Crippen LogP contribution >= 0.6 is 0 Å². The maximum absolute atomic E-state index is 12.8. The summed E-state index contributed by atoms with van der Waals surface area (Å²) >= 11 is 0. The van der Waals surface area contributed by atoms with Crippen LogP contribution < -0.4 is 20.7 Å². The van der Waals surface area contributed by atoms with Crippen molar-refractivity contribution in [1.29, 1.82) is 0 Å². The summed E-state index contributed by atoms with van der Waals surface area (Å²) < 4.78 is 42.7. The number of fused-ring (bicyclic) bond motifs is 1. The molecule has 0 fully saturated rings. The minimum absolute atomic E-state index is 0.263. The summed E-state index contributed by atoms with van der Waals surface area (Å²) in [6, 6.07) is 17.9. The summed E-state index contributed by atoms with van der Waals surface area (Å²) in [7, 11) is 0. The number of halogens is 3. The monoisotopic (exact) mass is 505 g/mol. The number of carboxylic acids is 1. The van der Waals surface area contributed by atoms with Crippen LogP contribution in [0.25, 0.3) is 0 Å². The molecule has 0 spiro atoms. The smallest absolute Gasteiger partial charge is 0.490 e. The molecule has 1 amide bonds. The van der Waals surface area contributed by atoms with E-state index in [1.165, 1.54) is 11.3 Å². The van der Waals surface area contributed by atoms with Gasteiger partial charge in [-0.1, -0.05) is 18.2 Å². The second kappa shape index (κ2) is 11.6. The van der Waals surface area contributed by atoms with Crippen molar-refractivity contribution in [2.24, 2.45) is 5.73 Å². The number of hydrogen-bond acceptors (Lipinski definition) is 6. The van der Waals surface area contributed by atoms with Crippen molar-refractivity contribution in [3.05, 3.63) is 77.7 Å². The molecule has 36 heavy (non-hydrogen) atoms. The number of benzene rings is 2. The molecule has 192 valence electrons. The van der Waals surface area contributed by atoms with Gasteiger partial charge in [0.15, 0.2) is 5.76 Å². The molecule has 4 N–H and O–H groups in total. The van der Waals surface area contributed by atoms with Crippen LogP contribution in [0, 0.1) is 0 Å². The Morgan fingerprint density at radius 2 is 1.83 bits per heavy atom. The Balaban J connectivity index is 0.000000454. The maximum Gasteiger partial charge on any atom is 0.490 e. The van der Waals surface area contributed by atoms with Gasteiger partial charge in [0.05, 0.1) is 6.26 Å². The highest BCUT2D eigenvalue weighted by atomic mass is 19.4. The highest BCUT2D eigenvalue weighted by Gasteiger charge is 2.38. The standard InChI is InChI=1S/C23H25N3O3.C2HF3O2/c1-16-14-17-4-2-3-5-21(17)26(16)15-18-10-12-29-22(18)23(27)25-19-6-8-20(9-7-19)28-13-11-24;3-2(4,5)1(6)7/h2-10,12,16H,11,13-15,24H2,1H3,(H,25,27);(H,6,7). The van der Waals surface area contributed by atoms with Gasteiger partial charge in [-0.3, -0.25) is 4.79 Å². The number of nitrogens with one attached hydrogen (secondary N) is 1. The Kier molecular flexibility index (Phi) is 8.59. The molecule has 3 aromatic rings. The van der Waals surface area contributed by atoms with E-state index in [0.717, 1.165) is 12.0 Å². The minimum Gasteiger partial charge on any atom is -0.492 e. The zero-order valence-corrected chi connectivity index (χ0v) is 19.4. The number of ether oxygens (including phenoxy) is 1. The van der Waals surface area contributed by atoms with Crippen LogP contribution in [0.5, 0.6) is 5.75 Å². The van der Waals surface area contributed by atoms with Gasteiger partial charge in [-0.25, -0.2) is 4.79 Å². The van der Waals surface area contributed by atoms with E-state index in [4.69, 9.17) is 24.8 Å². The summed E-state index contributed by atoms with van der Waals surface area (Å²) in [5.41, 5.74) is 9.55. The van der Waals surface area contributed by atoms with Gasteiger partial charge in [-0.15, -0.1) is 0 Å². The zero-order valence-electron chi connectivity index (χ0n) is 19.4. The molecule has 1 aliphatic rings. The largest absolute Gasteiger partial charge is 0.492 e. The number of rotatable bonds is 7. The van der Waals surface area contributed by atoms with Crippen LogP contribution in [0.4, 0.5) is 24.5 Å². The number of carboxylic acid groups (broad SMARTS) is 1. The number of carbonyl (C=O) groups excluding carboxylic acids is 1. The molecule has 0 radical (unpaired) electrons. The van der Waals surface area contributed by atoms with Crippen LogP contribution in [0.15, 0.2) is 65.3 Å². The highest BCUT2D eigenvalue weighted by molar-refractivity contribution is 6.03. The van der Waals surface area contributed by atoms with Crippen LogP contribution in [-0.4, -0.2) is 42.4 Å². The van der Waals surface area contributed by atoms with Crippen molar-refractivity contribution >= 4 is 23.3 Å². The molecule has 2 aromatic carbocycles. The first-order chi connectivity index (χ1) is 17.1. The van der Waals surface area contributed by atoms with Gasteiger partial charge in [0.2, 0.25) is 0 Å². The number of furan rings is 1. The highest BCUT2D eigenvalue weighted by Crippen LogP contribution is 2.33. The van der Waals surface area contributed by atoms with Crippen molar-refractivity contribution in [3.8, 4) is 5.75 Å². The maximum atomic E-state index is 12.8. The lowest BCUT2D eigenvalue weighted by Crippen LogP contribution is -2.29. The molecule has 0 aliphatic carbocycles. The molecular weight excluding hydrogens is 479 g/mol. The number of anilines is 2. The predicted molar refractivity (Wildman–Crippen MR) is 127 cm³/mol. The Morgan fingerprint density at radius 3 is 2.47 bits per heavy atom. The molecule has 1 aliphatic heterocycles. The molecule has 11 heteroatoms. The summed E-state index contributed by atoms with van der Waals surface area (Å²) in [6.45, 7) is 3.75. The number of nitrogens with two attached hydrogens (primary N) is 1. The van der Waals surface area contributed by atoms with E-state index in [9.17, 15) is 18.0 Å². The number of hydrogen-bond donors (Lipinski definition) is 3. The van der Waals surface area contributed by atoms with Gasteiger partial charge in [0.1, 0.15) is 12.4 Å². The Bertz CT molecular complexity index is 1180. The number of carbonyl (C=O) groups is 2. The van der Waals surface area contributed by atoms with Gasteiger partial charge in [0.25, 0.3) is 5.91 Å². The summed E-state index contributed by atoms with van der Waals surface area (Å²) in [4.78, 5) is 24.0. The summed E-state index contributed by atoms with van der Waals surface area (Å²) in [5, 5.41) is 10.0. The summed E-state index contributed by atoms with van der Waals surface area (Å²) in [5.74, 6) is -1.97. The van der Waals surface area contributed by atoms with Crippen LogP contribution in [0.1, 0.15) is 28.6 Å². The third kappa shape index (κ3) is 6.79. The third-order valence-corrected chi connectivity index (χ3v) is 5.38. The molecule has 1 aromatic heterocycles. The fourth-order valence-electron chi connectivity index (χ4n) is 3.71. The van der Waals surface area contributed by atoms with Gasteiger partial charge in [0, 0.05) is 36.1 Å². The number of nitrogens with zero attached hydrogens (tertiary/aromatic N) is 1. The fourth-order valence-corrected chi connectivity index (χ4v) is 3.71. The second-order valence-electron chi connectivity index (χ2n) is 8.00. The van der Waals surface area contributed by atoms with Gasteiger partial charge in [-0.05, 0) is 55.3 Å². The Labute approximate surface area is 205 Å². The first-order valence-corrected chi connectivity index (χ1v) is 11.1. The molecule has 0 saturated heterocycles. The quantitative estimate of drug-likeness (QED) is 0.434. The normalized spacial score (nSPS) is 14.5. The van der Waals surface area contributed by atoms with Crippen molar-refractivity contribution in [1.82, 2.24) is 0 Å². The lowest BCUT2D eigenvalue weighted by molar-refractivity contribution is -0.192. The SMILES string of the molecule is CC1Cc2ccccc2N1Cc1ccoc1C(=O)Nc1ccc(OCCN)cc1.O=C(O)C(F)(F)F. The average Bonchev–Trinajstić information content (AvgIpc) is 3.43. The van der Waals surface area contributed by atoms with E-state index in [2.05, 4.69) is 35.3 Å². The second-order valence-corrected chi connectivity index (χ2v) is 8.00. The van der Waals surface area contributed by atoms with E-state index >= 15 is 0 Å². The molecule has 4 rings (SSSR count). The fraction of sp³-hybridized carbons (Fsp3) is 0.280.